The number of aliphatic hydroxyl groups excluding tert-OH is 1. The fourth-order valence-electron chi connectivity index (χ4n) is 1.88. The number of benzene rings is 1. The van der Waals surface area contributed by atoms with E-state index in [4.69, 9.17) is 9.15 Å². The highest BCUT2D eigenvalue weighted by Crippen LogP contribution is 2.25. The van der Waals surface area contributed by atoms with Crippen LogP contribution >= 0.6 is 0 Å². The van der Waals surface area contributed by atoms with Crippen molar-refractivity contribution in [3.05, 3.63) is 48.2 Å². The van der Waals surface area contributed by atoms with Crippen LogP contribution in [0.4, 0.5) is 4.39 Å². The molecule has 0 bridgehead atoms. The van der Waals surface area contributed by atoms with Gasteiger partial charge in [-0.1, -0.05) is 12.1 Å². The summed E-state index contributed by atoms with van der Waals surface area (Å²) in [6.07, 6.45) is 0.599. The van der Waals surface area contributed by atoms with Gasteiger partial charge in [0, 0.05) is 19.2 Å². The van der Waals surface area contributed by atoms with Crippen molar-refractivity contribution in [2.24, 2.45) is 0 Å². The molecule has 0 unspecified atom stereocenters. The van der Waals surface area contributed by atoms with Gasteiger partial charge in [-0.15, -0.1) is 0 Å². The first-order valence-electron chi connectivity index (χ1n) is 6.40. The van der Waals surface area contributed by atoms with Crippen molar-refractivity contribution < 1.29 is 23.4 Å². The number of halogens is 1. The summed E-state index contributed by atoms with van der Waals surface area (Å²) in [4.78, 5) is 12.0. The number of rotatable bonds is 6. The molecule has 1 amide bonds. The highest BCUT2D eigenvalue weighted by atomic mass is 19.1. The summed E-state index contributed by atoms with van der Waals surface area (Å²) >= 11 is 0. The quantitative estimate of drug-likeness (QED) is 0.852. The molecule has 0 saturated carbocycles. The normalized spacial score (nSPS) is 12.1. The van der Waals surface area contributed by atoms with Gasteiger partial charge in [0.05, 0.1) is 19.0 Å². The molecule has 1 atom stereocenters. The Morgan fingerprint density at radius 1 is 1.38 bits per heavy atom. The van der Waals surface area contributed by atoms with Gasteiger partial charge in [0.25, 0.3) is 5.91 Å². The number of hydrogen-bond acceptors (Lipinski definition) is 4. The largest absolute Gasteiger partial charge is 0.459 e. The van der Waals surface area contributed by atoms with E-state index in [9.17, 15) is 14.3 Å². The Hall–Kier alpha value is -2.18. The molecular weight excluding hydrogens is 277 g/mol. The van der Waals surface area contributed by atoms with Crippen molar-refractivity contribution in [2.45, 2.75) is 6.10 Å². The van der Waals surface area contributed by atoms with E-state index < -0.39 is 12.0 Å². The topological polar surface area (TPSA) is 71.7 Å². The number of carbonyl (C=O) groups excluding carboxylic acids is 1. The summed E-state index contributed by atoms with van der Waals surface area (Å²) in [5, 5.41) is 12.1. The first-order valence-corrected chi connectivity index (χ1v) is 6.40. The Bertz CT molecular complexity index is 594. The highest BCUT2D eigenvalue weighted by Gasteiger charge is 2.17. The smallest absolute Gasteiger partial charge is 0.287 e. The first kappa shape index (κ1) is 15.2. The van der Waals surface area contributed by atoms with E-state index in [2.05, 4.69) is 5.32 Å². The molecule has 0 radical (unpaired) electrons. The number of ether oxygens (including phenoxy) is 1. The maximum absolute atomic E-state index is 12.9. The number of hydrogen-bond donors (Lipinski definition) is 2. The van der Waals surface area contributed by atoms with Gasteiger partial charge in [0.15, 0.2) is 5.76 Å². The van der Waals surface area contributed by atoms with Gasteiger partial charge in [-0.2, -0.15) is 0 Å². The maximum atomic E-state index is 12.9. The van der Waals surface area contributed by atoms with Crippen LogP contribution in [0.3, 0.4) is 0 Å². The zero-order valence-corrected chi connectivity index (χ0v) is 11.5. The van der Waals surface area contributed by atoms with Crippen LogP contribution in [-0.4, -0.2) is 37.4 Å². The lowest BCUT2D eigenvalue weighted by atomic mass is 10.1. The van der Waals surface area contributed by atoms with Crippen molar-refractivity contribution in [1.82, 2.24) is 5.32 Å². The molecule has 0 spiro atoms. The molecule has 112 valence electrons. The Kier molecular flexibility index (Phi) is 5.08. The molecule has 21 heavy (non-hydrogen) atoms. The van der Waals surface area contributed by atoms with Gasteiger partial charge in [-0.3, -0.25) is 4.79 Å². The standard InChI is InChI=1S/C15H16FNO4/c1-20-9-12(18)8-17-15(19)14-13(6-7-21-14)10-2-4-11(16)5-3-10/h2-7,12,18H,8-9H2,1H3,(H,17,19)/t12-/m1/s1. The van der Waals surface area contributed by atoms with Gasteiger partial charge in [0.2, 0.25) is 0 Å². The summed E-state index contributed by atoms with van der Waals surface area (Å²) in [6.45, 7) is 0.180. The summed E-state index contributed by atoms with van der Waals surface area (Å²) in [6, 6.07) is 7.39. The Morgan fingerprint density at radius 2 is 2.10 bits per heavy atom. The lowest BCUT2D eigenvalue weighted by molar-refractivity contribution is 0.0603. The first-order chi connectivity index (χ1) is 10.1. The zero-order chi connectivity index (χ0) is 15.2. The number of aliphatic hydroxyl groups is 1. The second kappa shape index (κ2) is 7.01. The molecule has 2 N–H and O–H groups in total. The van der Waals surface area contributed by atoms with Crippen LogP contribution in [0.1, 0.15) is 10.6 Å². The summed E-state index contributed by atoms with van der Waals surface area (Å²) in [5.74, 6) is -0.684. The minimum atomic E-state index is -0.789. The zero-order valence-electron chi connectivity index (χ0n) is 11.5. The molecule has 5 nitrogen and oxygen atoms in total. The Balaban J connectivity index is 2.09. The van der Waals surface area contributed by atoms with E-state index in [0.717, 1.165) is 0 Å². The molecule has 0 aliphatic heterocycles. The van der Waals surface area contributed by atoms with E-state index in [1.165, 1.54) is 25.5 Å². The predicted molar refractivity (Wildman–Crippen MR) is 74.3 cm³/mol. The van der Waals surface area contributed by atoms with Crippen LogP contribution in [0.2, 0.25) is 0 Å². The van der Waals surface area contributed by atoms with Crippen LogP contribution < -0.4 is 5.32 Å². The summed E-state index contributed by atoms with van der Waals surface area (Å²) in [7, 11) is 1.46. The van der Waals surface area contributed by atoms with Gasteiger partial charge in [-0.05, 0) is 23.8 Å². The van der Waals surface area contributed by atoms with Gasteiger partial charge >= 0.3 is 0 Å². The van der Waals surface area contributed by atoms with Gasteiger partial charge in [0.1, 0.15) is 5.82 Å². The molecule has 2 aromatic rings. The van der Waals surface area contributed by atoms with Crippen molar-refractivity contribution in [3.63, 3.8) is 0 Å². The van der Waals surface area contributed by atoms with E-state index >= 15 is 0 Å². The van der Waals surface area contributed by atoms with E-state index in [0.29, 0.717) is 11.1 Å². The molecule has 0 fully saturated rings. The SMILES string of the molecule is COC[C@H](O)CNC(=O)c1occc1-c1ccc(F)cc1. The average molecular weight is 293 g/mol. The van der Waals surface area contributed by atoms with Crippen molar-refractivity contribution >= 4 is 5.91 Å². The van der Waals surface area contributed by atoms with Crippen LogP contribution in [0.25, 0.3) is 11.1 Å². The minimum absolute atomic E-state index is 0.0518. The molecule has 1 heterocycles. The molecule has 1 aromatic carbocycles. The van der Waals surface area contributed by atoms with Crippen molar-refractivity contribution in [3.8, 4) is 11.1 Å². The molecule has 0 aliphatic carbocycles. The lowest BCUT2D eigenvalue weighted by Crippen LogP contribution is -2.34. The number of carbonyl (C=O) groups is 1. The van der Waals surface area contributed by atoms with Crippen molar-refractivity contribution in [1.29, 1.82) is 0 Å². The predicted octanol–water partition coefficient (Wildman–Crippen LogP) is 1.82. The third-order valence-electron chi connectivity index (χ3n) is 2.88. The number of methoxy groups -OCH3 is 1. The minimum Gasteiger partial charge on any atom is -0.459 e. The number of furan rings is 1. The third kappa shape index (κ3) is 3.90. The molecule has 1 aromatic heterocycles. The second-order valence-electron chi connectivity index (χ2n) is 4.49. The molecule has 0 aliphatic rings. The number of nitrogens with one attached hydrogen (secondary N) is 1. The van der Waals surface area contributed by atoms with E-state index in [1.54, 1.807) is 18.2 Å². The Labute approximate surface area is 121 Å². The summed E-state index contributed by atoms with van der Waals surface area (Å²) in [5.41, 5.74) is 1.24. The van der Waals surface area contributed by atoms with Crippen LogP contribution in [0, 0.1) is 5.82 Å². The highest BCUT2D eigenvalue weighted by molar-refractivity contribution is 5.98. The lowest BCUT2D eigenvalue weighted by Gasteiger charge is -2.10. The van der Waals surface area contributed by atoms with E-state index in [1.807, 2.05) is 0 Å². The van der Waals surface area contributed by atoms with E-state index in [-0.39, 0.29) is 24.7 Å². The van der Waals surface area contributed by atoms with Crippen LogP contribution in [-0.2, 0) is 4.74 Å². The molecule has 0 saturated heterocycles. The molecule has 6 heteroatoms. The molecule has 2 rings (SSSR count). The average Bonchev–Trinajstić information content (AvgIpc) is 2.95. The fraction of sp³-hybridized carbons (Fsp3) is 0.267. The maximum Gasteiger partial charge on any atom is 0.287 e. The van der Waals surface area contributed by atoms with Gasteiger partial charge in [-0.25, -0.2) is 4.39 Å². The Morgan fingerprint density at radius 3 is 2.76 bits per heavy atom. The number of amides is 1. The van der Waals surface area contributed by atoms with Crippen LogP contribution in [0.15, 0.2) is 41.0 Å². The molecular formula is C15H16FNO4. The van der Waals surface area contributed by atoms with Crippen molar-refractivity contribution in [2.75, 3.05) is 20.3 Å². The van der Waals surface area contributed by atoms with Crippen LogP contribution in [0.5, 0.6) is 0 Å². The fourth-order valence-corrected chi connectivity index (χ4v) is 1.88. The van der Waals surface area contributed by atoms with Gasteiger partial charge < -0.3 is 19.6 Å². The second-order valence-corrected chi connectivity index (χ2v) is 4.49. The summed E-state index contributed by atoms with van der Waals surface area (Å²) < 4.78 is 22.9. The monoisotopic (exact) mass is 293 g/mol. The third-order valence-corrected chi connectivity index (χ3v) is 2.88.